The van der Waals surface area contributed by atoms with Gasteiger partial charge in [0.05, 0.1) is 0 Å². The Morgan fingerprint density at radius 3 is 2.60 bits per heavy atom. The lowest BCUT2D eigenvalue weighted by molar-refractivity contribution is -0.146. The molecule has 5 nitrogen and oxygen atoms in total. The monoisotopic (exact) mass is 206 g/mol. The van der Waals surface area contributed by atoms with Gasteiger partial charge in [-0.25, -0.2) is 4.79 Å². The summed E-state index contributed by atoms with van der Waals surface area (Å²) in [7, 11) is 0. The molecule has 1 aromatic rings. The van der Waals surface area contributed by atoms with Gasteiger partial charge in [0.25, 0.3) is 0 Å². The zero-order valence-electron chi connectivity index (χ0n) is 8.11. The molecule has 0 radical (unpaired) electrons. The summed E-state index contributed by atoms with van der Waals surface area (Å²) >= 11 is 0. The first kappa shape index (κ1) is 10.9. The van der Waals surface area contributed by atoms with Gasteiger partial charge in [-0.15, -0.1) is 0 Å². The third-order valence-corrected chi connectivity index (χ3v) is 1.64. The van der Waals surface area contributed by atoms with Crippen LogP contribution in [0.15, 0.2) is 24.3 Å². The molecule has 0 fully saturated rings. The summed E-state index contributed by atoms with van der Waals surface area (Å²) in [5.41, 5.74) is 5.68. The van der Waals surface area contributed by atoms with Crippen LogP contribution in [0.5, 0.6) is 5.75 Å². The third kappa shape index (κ3) is 2.91. The van der Waals surface area contributed by atoms with Crippen LogP contribution < -0.4 is 10.5 Å². The number of benzene rings is 1. The van der Waals surface area contributed by atoms with Crippen LogP contribution in [0, 0.1) is 5.41 Å². The van der Waals surface area contributed by atoms with Gasteiger partial charge in [0.1, 0.15) is 11.6 Å². The van der Waals surface area contributed by atoms with Gasteiger partial charge in [0.15, 0.2) is 0 Å². The molecule has 0 heterocycles. The predicted molar refractivity (Wildman–Crippen MR) is 53.8 cm³/mol. The van der Waals surface area contributed by atoms with Crippen LogP contribution >= 0.6 is 0 Å². The van der Waals surface area contributed by atoms with Gasteiger partial charge in [-0.05, 0) is 12.1 Å². The Labute approximate surface area is 86.4 Å². The lowest BCUT2D eigenvalue weighted by atomic mass is 10.2. The molecule has 0 aliphatic heterocycles. The number of rotatable bonds is 3. The van der Waals surface area contributed by atoms with Crippen LogP contribution in [0.2, 0.25) is 0 Å². The molecular formula is C10H10N2O3. The number of esters is 1. The quantitative estimate of drug-likeness (QED) is 0.247. The fourth-order valence-electron chi connectivity index (χ4n) is 0.906. The Balaban J connectivity index is 2.87. The average molecular weight is 206 g/mol. The molecule has 0 aromatic heterocycles. The highest BCUT2D eigenvalue weighted by Crippen LogP contribution is 2.13. The molecule has 0 saturated heterocycles. The van der Waals surface area contributed by atoms with Crippen LogP contribution in [0.25, 0.3) is 0 Å². The van der Waals surface area contributed by atoms with Gasteiger partial charge in [0.2, 0.25) is 5.78 Å². The maximum atomic E-state index is 10.9. The van der Waals surface area contributed by atoms with E-state index in [1.807, 2.05) is 0 Å². The first-order chi connectivity index (χ1) is 7.00. The largest absolute Gasteiger partial charge is 0.421 e. The van der Waals surface area contributed by atoms with Crippen LogP contribution in [0.1, 0.15) is 12.5 Å². The molecule has 3 N–H and O–H groups in total. The number of Topliss-reactive ketones (excluding diaryl/α,β-unsaturated/α-hetero) is 1. The van der Waals surface area contributed by atoms with Crippen molar-refractivity contribution in [3.8, 4) is 5.75 Å². The lowest BCUT2D eigenvalue weighted by Crippen LogP contribution is -2.17. The minimum absolute atomic E-state index is 0.129. The highest BCUT2D eigenvalue weighted by molar-refractivity contribution is 6.33. The second-order valence-corrected chi connectivity index (χ2v) is 2.89. The molecule has 1 rings (SSSR count). The second-order valence-electron chi connectivity index (χ2n) is 2.89. The van der Waals surface area contributed by atoms with Crippen molar-refractivity contribution in [2.24, 2.45) is 5.73 Å². The molecule has 0 amide bonds. The molecule has 15 heavy (non-hydrogen) atoms. The molecule has 78 valence electrons. The zero-order valence-corrected chi connectivity index (χ0v) is 8.11. The van der Waals surface area contributed by atoms with Gasteiger partial charge >= 0.3 is 5.97 Å². The van der Waals surface area contributed by atoms with Crippen molar-refractivity contribution in [3.05, 3.63) is 29.8 Å². The molecule has 5 heteroatoms. The Hall–Kier alpha value is -2.17. The van der Waals surface area contributed by atoms with Gasteiger partial charge in [0, 0.05) is 12.5 Å². The number of hydrogen-bond donors (Lipinski definition) is 2. The number of nitrogen functional groups attached to an aromatic ring is 1. The van der Waals surface area contributed by atoms with E-state index < -0.39 is 11.8 Å². The van der Waals surface area contributed by atoms with Crippen LogP contribution in [0.4, 0.5) is 0 Å². The van der Waals surface area contributed by atoms with E-state index in [0.29, 0.717) is 5.56 Å². The van der Waals surface area contributed by atoms with E-state index >= 15 is 0 Å². The van der Waals surface area contributed by atoms with Gasteiger partial charge in [-0.2, -0.15) is 0 Å². The minimum Gasteiger partial charge on any atom is -0.421 e. The summed E-state index contributed by atoms with van der Waals surface area (Å²) in [6.45, 7) is 1.12. The number of hydrogen-bond acceptors (Lipinski definition) is 4. The van der Waals surface area contributed by atoms with Crippen molar-refractivity contribution in [3.63, 3.8) is 0 Å². The molecule has 0 aliphatic rings. The maximum Gasteiger partial charge on any atom is 0.379 e. The van der Waals surface area contributed by atoms with Crippen LogP contribution in [-0.2, 0) is 9.59 Å². The van der Waals surface area contributed by atoms with Crippen molar-refractivity contribution in [1.29, 1.82) is 5.41 Å². The summed E-state index contributed by atoms with van der Waals surface area (Å²) in [4.78, 5) is 21.6. The van der Waals surface area contributed by atoms with Crippen molar-refractivity contribution < 1.29 is 14.3 Å². The second kappa shape index (κ2) is 4.36. The standard InChI is InChI=1S/C10H10N2O3/c1-6(13)10(14)15-8-4-2-3-7(5-8)9(11)12/h2-5H,1H3,(H3,11,12). The Bertz CT molecular complexity index is 426. The first-order valence-corrected chi connectivity index (χ1v) is 4.18. The lowest BCUT2D eigenvalue weighted by Gasteiger charge is -2.03. The van der Waals surface area contributed by atoms with E-state index in [2.05, 4.69) is 0 Å². The van der Waals surface area contributed by atoms with Gasteiger partial charge < -0.3 is 10.5 Å². The van der Waals surface area contributed by atoms with E-state index in [1.165, 1.54) is 12.1 Å². The van der Waals surface area contributed by atoms with Gasteiger partial charge in [-0.1, -0.05) is 12.1 Å². The Morgan fingerprint density at radius 2 is 2.07 bits per heavy atom. The number of nitrogens with one attached hydrogen (secondary N) is 1. The molecule has 0 aliphatic carbocycles. The number of ether oxygens (including phenoxy) is 1. The number of carbonyl (C=O) groups excluding carboxylic acids is 2. The van der Waals surface area contributed by atoms with Gasteiger partial charge in [-0.3, -0.25) is 10.2 Å². The smallest absolute Gasteiger partial charge is 0.379 e. The van der Waals surface area contributed by atoms with Crippen molar-refractivity contribution in [2.45, 2.75) is 6.92 Å². The summed E-state index contributed by atoms with van der Waals surface area (Å²) in [5.74, 6) is -1.54. The predicted octanol–water partition coefficient (Wildman–Crippen LogP) is 0.465. The fraction of sp³-hybridized carbons (Fsp3) is 0.100. The summed E-state index contributed by atoms with van der Waals surface area (Å²) in [6, 6.07) is 6.11. The van der Waals surface area contributed by atoms with E-state index in [9.17, 15) is 9.59 Å². The van der Waals surface area contributed by atoms with Crippen LogP contribution in [0.3, 0.4) is 0 Å². The molecule has 0 bridgehead atoms. The minimum atomic E-state index is -0.935. The average Bonchev–Trinajstić information content (AvgIpc) is 2.18. The molecular weight excluding hydrogens is 196 g/mol. The SMILES string of the molecule is CC(=O)C(=O)Oc1cccc(C(=N)N)c1. The summed E-state index contributed by atoms with van der Waals surface area (Å²) in [6.07, 6.45) is 0. The normalized spacial score (nSPS) is 9.40. The van der Waals surface area contributed by atoms with Crippen molar-refractivity contribution in [2.75, 3.05) is 0 Å². The van der Waals surface area contributed by atoms with Crippen molar-refractivity contribution in [1.82, 2.24) is 0 Å². The number of nitrogens with two attached hydrogens (primary N) is 1. The summed E-state index contributed by atoms with van der Waals surface area (Å²) in [5, 5.41) is 7.17. The fourth-order valence-corrected chi connectivity index (χ4v) is 0.906. The number of amidine groups is 1. The van der Waals surface area contributed by atoms with E-state index in [-0.39, 0.29) is 11.6 Å². The van der Waals surface area contributed by atoms with E-state index in [0.717, 1.165) is 6.92 Å². The molecule has 0 spiro atoms. The van der Waals surface area contributed by atoms with Crippen LogP contribution in [-0.4, -0.2) is 17.6 Å². The highest BCUT2D eigenvalue weighted by Gasteiger charge is 2.10. The number of ketones is 1. The third-order valence-electron chi connectivity index (χ3n) is 1.64. The zero-order chi connectivity index (χ0) is 11.4. The van der Waals surface area contributed by atoms with E-state index in [4.69, 9.17) is 15.9 Å². The molecule has 0 saturated carbocycles. The number of carbonyl (C=O) groups is 2. The molecule has 0 unspecified atom stereocenters. The summed E-state index contributed by atoms with van der Waals surface area (Å²) < 4.78 is 4.73. The first-order valence-electron chi connectivity index (χ1n) is 4.18. The Kier molecular flexibility index (Phi) is 3.17. The Morgan fingerprint density at radius 1 is 1.40 bits per heavy atom. The molecule has 0 atom stereocenters. The maximum absolute atomic E-state index is 10.9. The topological polar surface area (TPSA) is 93.2 Å². The van der Waals surface area contributed by atoms with E-state index in [1.54, 1.807) is 12.1 Å². The highest BCUT2D eigenvalue weighted by atomic mass is 16.5. The van der Waals surface area contributed by atoms with Crippen molar-refractivity contribution >= 4 is 17.6 Å². The molecule has 1 aromatic carbocycles.